The number of nitrogens with two attached hydrogens (primary N) is 4. The van der Waals surface area contributed by atoms with Crippen molar-refractivity contribution in [3.63, 3.8) is 0 Å². The molecule has 0 saturated heterocycles. The van der Waals surface area contributed by atoms with E-state index in [0.29, 0.717) is 11.1 Å². The predicted molar refractivity (Wildman–Crippen MR) is 264 cm³/mol. The molecule has 0 saturated carbocycles. The van der Waals surface area contributed by atoms with Gasteiger partial charge in [-0.1, -0.05) is 50.2 Å². The summed E-state index contributed by atoms with van der Waals surface area (Å²) in [5.74, 6) is -12.6. The molecule has 0 spiro atoms. The number of benzene rings is 2. The Morgan fingerprint density at radius 1 is 0.527 bits per heavy atom. The predicted octanol–water partition coefficient (Wildman–Crippen LogP) is -4.32. The second kappa shape index (κ2) is 27.7. The summed E-state index contributed by atoms with van der Waals surface area (Å²) in [4.78, 5) is 161. The van der Waals surface area contributed by atoms with Gasteiger partial charge in [-0.25, -0.2) is 0 Å². The van der Waals surface area contributed by atoms with Crippen molar-refractivity contribution < 1.29 is 62.6 Å². The largest absolute Gasteiger partial charge is 0.481 e. The van der Waals surface area contributed by atoms with Crippen molar-refractivity contribution in [2.24, 2.45) is 28.9 Å². The second-order valence-corrected chi connectivity index (χ2v) is 17.6. The average Bonchev–Trinajstić information content (AvgIpc) is 3.95. The lowest BCUT2D eigenvalue weighted by atomic mass is 10.0. The van der Waals surface area contributed by atoms with E-state index in [1.54, 1.807) is 56.6 Å². The van der Waals surface area contributed by atoms with Crippen LogP contribution in [0.25, 0.3) is 21.8 Å². The van der Waals surface area contributed by atoms with E-state index in [0.717, 1.165) is 21.8 Å². The summed E-state index contributed by atoms with van der Waals surface area (Å²) < 4.78 is 0. The van der Waals surface area contributed by atoms with Crippen LogP contribution in [0.2, 0.25) is 0 Å². The number of rotatable bonds is 30. The van der Waals surface area contributed by atoms with Gasteiger partial charge in [0.05, 0.1) is 32.5 Å². The zero-order valence-corrected chi connectivity index (χ0v) is 40.5. The Hall–Kier alpha value is -8.88. The third kappa shape index (κ3) is 18.1. The summed E-state index contributed by atoms with van der Waals surface area (Å²) in [6.45, 7) is 1.39. The molecule has 0 fully saturated rings. The van der Waals surface area contributed by atoms with Crippen molar-refractivity contribution in [2.75, 3.05) is 19.6 Å². The van der Waals surface area contributed by atoms with Gasteiger partial charge in [-0.15, -0.1) is 0 Å². The van der Waals surface area contributed by atoms with Crippen molar-refractivity contribution in [3.8, 4) is 0 Å². The number of H-pyrrole nitrogens is 2. The van der Waals surface area contributed by atoms with E-state index in [4.69, 9.17) is 22.9 Å². The van der Waals surface area contributed by atoms with E-state index in [1.807, 2.05) is 18.2 Å². The van der Waals surface area contributed by atoms with Crippen molar-refractivity contribution >= 4 is 92.8 Å². The van der Waals surface area contributed by atoms with Crippen LogP contribution >= 0.6 is 0 Å². The Bertz CT molecular complexity index is 2740. The van der Waals surface area contributed by atoms with Gasteiger partial charge in [0.2, 0.25) is 65.0 Å². The molecule has 4 aromatic rings. The Kier molecular flexibility index (Phi) is 21.6. The molecule has 27 heteroatoms. The number of carbonyl (C=O) groups excluding carboxylic acids is 11. The van der Waals surface area contributed by atoms with Gasteiger partial charge in [0.25, 0.3) is 0 Å². The number of nitrogens with one attached hydrogen (secondary N) is 10. The molecule has 0 unspecified atom stereocenters. The number of para-hydroxylation sites is 2. The molecular weight excluding hydrogens is 969 g/mol. The molecule has 0 aliphatic rings. The highest BCUT2D eigenvalue weighted by Gasteiger charge is 2.35. The third-order valence-corrected chi connectivity index (χ3v) is 11.3. The fraction of sp³-hybridized carbons (Fsp3) is 0.404. The number of aliphatic carboxylic acids is 1. The summed E-state index contributed by atoms with van der Waals surface area (Å²) in [5, 5.41) is 30.0. The normalized spacial score (nSPS) is 13.5. The van der Waals surface area contributed by atoms with E-state index in [2.05, 4.69) is 52.5 Å². The lowest BCUT2D eigenvalue weighted by molar-refractivity contribution is -0.141. The molecule has 2 aromatic heterocycles. The van der Waals surface area contributed by atoms with E-state index >= 15 is 0 Å². The van der Waals surface area contributed by atoms with Gasteiger partial charge in [-0.2, -0.15) is 0 Å². The molecule has 398 valence electrons. The van der Waals surface area contributed by atoms with Gasteiger partial charge in [-0.05, 0) is 42.0 Å². The molecule has 2 heterocycles. The Balaban J connectivity index is 1.41. The zero-order chi connectivity index (χ0) is 54.6. The molecular formula is C47H62N14O13. The number of hydrogen-bond acceptors (Lipinski definition) is 13. The van der Waals surface area contributed by atoms with E-state index in [-0.39, 0.29) is 25.2 Å². The molecule has 11 amide bonds. The number of hydrogen-bond donors (Lipinski definition) is 15. The highest BCUT2D eigenvalue weighted by Crippen LogP contribution is 2.21. The van der Waals surface area contributed by atoms with E-state index in [9.17, 15) is 62.6 Å². The number of carboxylic acids is 1. The Morgan fingerprint density at radius 3 is 1.53 bits per heavy atom. The minimum atomic E-state index is -1.93. The zero-order valence-electron chi connectivity index (χ0n) is 40.5. The summed E-state index contributed by atoms with van der Waals surface area (Å²) in [6.07, 6.45) is 0.313. The lowest BCUT2D eigenvalue weighted by Gasteiger charge is -2.27. The number of amides is 11. The first-order chi connectivity index (χ1) is 35.0. The number of fused-ring (bicyclic) bond motifs is 2. The first-order valence-electron chi connectivity index (χ1n) is 23.3. The van der Waals surface area contributed by atoms with Crippen molar-refractivity contribution in [2.45, 2.75) is 95.0 Å². The summed E-state index contributed by atoms with van der Waals surface area (Å²) in [5.41, 5.74) is 24.6. The average molecular weight is 1030 g/mol. The number of primary amides is 3. The van der Waals surface area contributed by atoms with Crippen molar-refractivity contribution in [1.29, 1.82) is 0 Å². The van der Waals surface area contributed by atoms with Gasteiger partial charge in [0.15, 0.2) is 0 Å². The summed E-state index contributed by atoms with van der Waals surface area (Å²) in [7, 11) is 0. The molecule has 0 aliphatic heterocycles. The van der Waals surface area contributed by atoms with E-state index < -0.39 is 153 Å². The lowest BCUT2D eigenvalue weighted by Crippen LogP contribution is -2.60. The molecule has 2 aromatic carbocycles. The molecule has 6 atom stereocenters. The topological polar surface area (TPSA) is 457 Å². The SMILES string of the molecule is CC(C)C[C@H](NC(=O)[C@H](CC(=O)O)NC(=O)[C@H](CCC(N)=O)NC(=O)[C@H](Cc1c[nH]c2ccccc12)NC(=O)CN)C(=O)N[C@@H](CC(N)=O)C(=O)NCC(=O)NCC(=O)N[C@@H](Cc1c[nH]c2ccccc12)C(N)=O. The minimum absolute atomic E-state index is 0.0411. The Labute approximate surface area is 422 Å². The van der Waals surface area contributed by atoms with Gasteiger partial charge < -0.3 is 80.5 Å². The maximum atomic E-state index is 13.8. The highest BCUT2D eigenvalue weighted by molar-refractivity contribution is 5.99. The summed E-state index contributed by atoms with van der Waals surface area (Å²) in [6, 6.07) is 5.04. The molecule has 19 N–H and O–H groups in total. The van der Waals surface area contributed by atoms with Crippen LogP contribution in [-0.4, -0.2) is 142 Å². The third-order valence-electron chi connectivity index (χ3n) is 11.3. The van der Waals surface area contributed by atoms with Crippen molar-refractivity contribution in [3.05, 3.63) is 72.1 Å². The van der Waals surface area contributed by atoms with Crippen molar-refractivity contribution in [1.82, 2.24) is 52.5 Å². The molecule has 74 heavy (non-hydrogen) atoms. The monoisotopic (exact) mass is 1030 g/mol. The fourth-order valence-electron chi connectivity index (χ4n) is 7.65. The maximum absolute atomic E-state index is 13.8. The van der Waals surface area contributed by atoms with Crippen LogP contribution in [-0.2, 0) is 70.4 Å². The fourth-order valence-corrected chi connectivity index (χ4v) is 7.65. The van der Waals surface area contributed by atoms with Gasteiger partial charge in [0.1, 0.15) is 36.3 Å². The highest BCUT2D eigenvalue weighted by atomic mass is 16.4. The van der Waals surface area contributed by atoms with Gasteiger partial charge in [-0.3, -0.25) is 57.5 Å². The minimum Gasteiger partial charge on any atom is -0.481 e. The Morgan fingerprint density at radius 2 is 1.00 bits per heavy atom. The number of aromatic amines is 2. The number of carboxylic acid groups (broad SMARTS) is 1. The molecule has 0 aliphatic carbocycles. The van der Waals surface area contributed by atoms with Gasteiger partial charge >= 0.3 is 5.97 Å². The van der Waals surface area contributed by atoms with Crippen LogP contribution in [0, 0.1) is 5.92 Å². The molecule has 0 radical (unpaired) electrons. The summed E-state index contributed by atoms with van der Waals surface area (Å²) >= 11 is 0. The second-order valence-electron chi connectivity index (χ2n) is 17.6. The number of carbonyl (C=O) groups is 12. The first-order valence-corrected chi connectivity index (χ1v) is 23.3. The van der Waals surface area contributed by atoms with Gasteiger partial charge in [0, 0.05) is 53.5 Å². The number of aromatic nitrogens is 2. The van der Waals surface area contributed by atoms with Crippen LogP contribution in [0.15, 0.2) is 60.9 Å². The van der Waals surface area contributed by atoms with Crippen LogP contribution in [0.3, 0.4) is 0 Å². The molecule has 27 nitrogen and oxygen atoms in total. The molecule has 0 bridgehead atoms. The van der Waals surface area contributed by atoms with Crippen LogP contribution in [0.1, 0.15) is 57.1 Å². The van der Waals surface area contributed by atoms with Crippen LogP contribution in [0.4, 0.5) is 0 Å². The smallest absolute Gasteiger partial charge is 0.305 e. The maximum Gasteiger partial charge on any atom is 0.305 e. The quantitative estimate of drug-likeness (QED) is 0.0235. The van der Waals surface area contributed by atoms with E-state index in [1.165, 1.54) is 0 Å². The standard InChI is InChI=1S/C47H62N14O13/c1-23(2)13-32(45(72)60-34(16-37(50)63)43(70)55-21-39(65)54-22-40(66)56-31(42(51)69)14-24-19-52-28-9-5-3-7-26(24)28)59-47(74)35(17-41(67)68)61-44(71)30(11-12-36(49)62)58-46(73)33(57-38(64)18-48)15-25-20-53-29-10-6-4-8-27(25)29/h3-10,19-20,23,30-35,52-53H,11-18,21-22,48H2,1-2H3,(H2,49,62)(H2,50,63)(H2,51,69)(H,54,65)(H,55,70)(H,56,66)(H,57,64)(H,58,73)(H,59,74)(H,60,72)(H,61,71)(H,67,68)/t30-,31-,32-,33-,34-,35-/m0/s1. The molecule has 4 rings (SSSR count). The first kappa shape index (κ1) is 57.7. The van der Waals surface area contributed by atoms with Crippen LogP contribution in [0.5, 0.6) is 0 Å². The van der Waals surface area contributed by atoms with Crippen LogP contribution < -0.4 is 65.5 Å².